The number of hydrogen-bond acceptors (Lipinski definition) is 6. The maximum absolute atomic E-state index is 12.0. The van der Waals surface area contributed by atoms with Crippen LogP contribution in [0.5, 0.6) is 0 Å². The van der Waals surface area contributed by atoms with Crippen molar-refractivity contribution < 1.29 is 9.72 Å². The molecule has 0 spiro atoms. The third-order valence-corrected chi connectivity index (χ3v) is 4.39. The Labute approximate surface area is 120 Å². The Morgan fingerprint density at radius 1 is 1.35 bits per heavy atom. The Morgan fingerprint density at radius 2 is 2.20 bits per heavy atom. The minimum Gasteiger partial charge on any atom is -0.297 e. The molecule has 0 fully saturated rings. The second kappa shape index (κ2) is 4.99. The van der Waals surface area contributed by atoms with Crippen LogP contribution in [-0.2, 0) is 0 Å². The molecule has 0 unspecified atom stereocenters. The van der Waals surface area contributed by atoms with Crippen molar-refractivity contribution >= 4 is 49.5 Å². The quantitative estimate of drug-likeness (QED) is 0.592. The highest BCUT2D eigenvalue weighted by Crippen LogP contribution is 2.29. The summed E-state index contributed by atoms with van der Waals surface area (Å²) in [6.45, 7) is 0. The van der Waals surface area contributed by atoms with Gasteiger partial charge in [0.1, 0.15) is 0 Å². The third-order valence-electron chi connectivity index (χ3n) is 2.59. The normalized spacial score (nSPS) is 10.6. The standard InChI is InChI=1S/C12H7N3O3S2/c16-11(14-12-13-3-4-19-12)10-6-7-5-8(15(17)18)1-2-9(7)20-10/h1-6H,(H,13,14,16). The molecule has 1 N–H and O–H groups in total. The number of benzene rings is 1. The first-order chi connectivity index (χ1) is 9.63. The van der Waals surface area contributed by atoms with Gasteiger partial charge >= 0.3 is 0 Å². The predicted molar refractivity (Wildman–Crippen MR) is 78.5 cm³/mol. The molecule has 20 heavy (non-hydrogen) atoms. The molecule has 0 aliphatic rings. The summed E-state index contributed by atoms with van der Waals surface area (Å²) in [6.07, 6.45) is 1.61. The molecule has 0 saturated carbocycles. The van der Waals surface area contributed by atoms with Gasteiger partial charge in [-0.25, -0.2) is 4.98 Å². The lowest BCUT2D eigenvalue weighted by Gasteiger charge is -1.96. The number of aromatic nitrogens is 1. The zero-order chi connectivity index (χ0) is 14.1. The third kappa shape index (κ3) is 2.38. The number of non-ortho nitro benzene ring substituents is 1. The van der Waals surface area contributed by atoms with Crippen molar-refractivity contribution in [3.8, 4) is 0 Å². The zero-order valence-corrected chi connectivity index (χ0v) is 11.5. The maximum atomic E-state index is 12.0. The van der Waals surface area contributed by atoms with Crippen LogP contribution in [0.1, 0.15) is 9.67 Å². The van der Waals surface area contributed by atoms with E-state index in [0.717, 1.165) is 4.70 Å². The van der Waals surface area contributed by atoms with E-state index in [0.29, 0.717) is 15.4 Å². The molecule has 0 atom stereocenters. The van der Waals surface area contributed by atoms with Gasteiger partial charge < -0.3 is 0 Å². The minimum absolute atomic E-state index is 0.0159. The Bertz CT molecular complexity index is 796. The molecule has 0 aliphatic carbocycles. The van der Waals surface area contributed by atoms with Crippen molar-refractivity contribution in [3.05, 3.63) is 50.8 Å². The highest BCUT2D eigenvalue weighted by molar-refractivity contribution is 7.21. The molecule has 100 valence electrons. The number of amides is 1. The molecular weight excluding hydrogens is 298 g/mol. The van der Waals surface area contributed by atoms with Gasteiger partial charge in [0.2, 0.25) is 0 Å². The van der Waals surface area contributed by atoms with E-state index < -0.39 is 4.92 Å². The van der Waals surface area contributed by atoms with Crippen molar-refractivity contribution in [2.24, 2.45) is 0 Å². The summed E-state index contributed by atoms with van der Waals surface area (Å²) in [7, 11) is 0. The lowest BCUT2D eigenvalue weighted by atomic mass is 10.2. The number of nitro benzene ring substituents is 1. The lowest BCUT2D eigenvalue weighted by Crippen LogP contribution is -2.09. The number of nitrogens with zero attached hydrogens (tertiary/aromatic N) is 2. The molecule has 2 heterocycles. The van der Waals surface area contributed by atoms with E-state index in [1.165, 1.54) is 34.8 Å². The van der Waals surface area contributed by atoms with E-state index in [9.17, 15) is 14.9 Å². The van der Waals surface area contributed by atoms with Gasteiger partial charge in [-0.2, -0.15) is 0 Å². The first kappa shape index (κ1) is 12.7. The number of fused-ring (bicyclic) bond motifs is 1. The topological polar surface area (TPSA) is 85.1 Å². The summed E-state index contributed by atoms with van der Waals surface area (Å²) >= 11 is 2.62. The van der Waals surface area contributed by atoms with E-state index in [2.05, 4.69) is 10.3 Å². The van der Waals surface area contributed by atoms with E-state index in [-0.39, 0.29) is 11.6 Å². The van der Waals surface area contributed by atoms with E-state index in [1.807, 2.05) is 0 Å². The summed E-state index contributed by atoms with van der Waals surface area (Å²) in [5.41, 5.74) is 0.0159. The van der Waals surface area contributed by atoms with Crippen molar-refractivity contribution in [3.63, 3.8) is 0 Å². The minimum atomic E-state index is -0.452. The van der Waals surface area contributed by atoms with Crippen molar-refractivity contribution in [1.82, 2.24) is 4.98 Å². The van der Waals surface area contributed by atoms with Crippen LogP contribution < -0.4 is 5.32 Å². The van der Waals surface area contributed by atoms with E-state index in [4.69, 9.17) is 0 Å². The highest BCUT2D eigenvalue weighted by atomic mass is 32.1. The number of thiophene rings is 1. The smallest absolute Gasteiger partial charge is 0.270 e. The van der Waals surface area contributed by atoms with Crippen molar-refractivity contribution in [2.75, 3.05) is 5.32 Å². The van der Waals surface area contributed by atoms with Crippen LogP contribution in [0.15, 0.2) is 35.8 Å². The average molecular weight is 305 g/mol. The van der Waals surface area contributed by atoms with Gasteiger partial charge in [-0.05, 0) is 12.1 Å². The molecule has 2 aromatic heterocycles. The number of carbonyl (C=O) groups is 1. The van der Waals surface area contributed by atoms with Crippen LogP contribution in [0.3, 0.4) is 0 Å². The molecule has 0 bridgehead atoms. The van der Waals surface area contributed by atoms with Crippen LogP contribution in [-0.4, -0.2) is 15.8 Å². The second-order valence-electron chi connectivity index (χ2n) is 3.88. The summed E-state index contributed by atoms with van der Waals surface area (Å²) < 4.78 is 0.833. The van der Waals surface area contributed by atoms with Gasteiger partial charge in [0.25, 0.3) is 11.6 Å². The number of carbonyl (C=O) groups excluding carboxylic acids is 1. The monoisotopic (exact) mass is 305 g/mol. The number of nitrogens with one attached hydrogen (secondary N) is 1. The summed E-state index contributed by atoms with van der Waals surface area (Å²) in [5, 5.41) is 16.4. The molecular formula is C12H7N3O3S2. The molecule has 6 nitrogen and oxygen atoms in total. The fourth-order valence-corrected chi connectivity index (χ4v) is 3.16. The Balaban J connectivity index is 1.92. The molecule has 3 aromatic rings. The van der Waals surface area contributed by atoms with Crippen LogP contribution in [0.4, 0.5) is 10.8 Å². The van der Waals surface area contributed by atoms with Crippen LogP contribution in [0.25, 0.3) is 10.1 Å². The number of nitro groups is 1. The maximum Gasteiger partial charge on any atom is 0.270 e. The van der Waals surface area contributed by atoms with Gasteiger partial charge in [-0.3, -0.25) is 20.2 Å². The molecule has 3 rings (SSSR count). The van der Waals surface area contributed by atoms with E-state index >= 15 is 0 Å². The summed E-state index contributed by atoms with van der Waals surface area (Å²) in [5.74, 6) is -0.260. The van der Waals surface area contributed by atoms with Gasteiger partial charge in [-0.1, -0.05) is 0 Å². The van der Waals surface area contributed by atoms with Crippen molar-refractivity contribution in [1.29, 1.82) is 0 Å². The summed E-state index contributed by atoms with van der Waals surface area (Å²) in [4.78, 5) is 26.8. The fraction of sp³-hybridized carbons (Fsp3) is 0. The first-order valence-corrected chi connectivity index (χ1v) is 7.22. The Kier molecular flexibility index (Phi) is 3.17. The average Bonchev–Trinajstić information content (AvgIpc) is 3.05. The van der Waals surface area contributed by atoms with Crippen LogP contribution >= 0.6 is 22.7 Å². The van der Waals surface area contributed by atoms with Crippen LogP contribution in [0.2, 0.25) is 0 Å². The number of rotatable bonds is 3. The fourth-order valence-electron chi connectivity index (χ4n) is 1.70. The highest BCUT2D eigenvalue weighted by Gasteiger charge is 2.14. The van der Waals surface area contributed by atoms with Gasteiger partial charge in [0.15, 0.2) is 5.13 Å². The number of thiazole rings is 1. The molecule has 0 aliphatic heterocycles. The number of anilines is 1. The molecule has 8 heteroatoms. The van der Waals surface area contributed by atoms with Crippen molar-refractivity contribution in [2.45, 2.75) is 0 Å². The first-order valence-electron chi connectivity index (χ1n) is 5.52. The van der Waals surface area contributed by atoms with E-state index in [1.54, 1.807) is 23.7 Å². The SMILES string of the molecule is O=C(Nc1nccs1)c1cc2cc([N+](=O)[O-])ccc2s1. The second-order valence-corrected chi connectivity index (χ2v) is 5.86. The van der Waals surface area contributed by atoms with Gasteiger partial charge in [0.05, 0.1) is 9.80 Å². The molecule has 0 saturated heterocycles. The Morgan fingerprint density at radius 3 is 2.90 bits per heavy atom. The number of hydrogen-bond donors (Lipinski definition) is 1. The van der Waals surface area contributed by atoms with Gasteiger partial charge in [0, 0.05) is 33.8 Å². The Hall–Kier alpha value is -2.32. The largest absolute Gasteiger partial charge is 0.297 e. The summed E-state index contributed by atoms with van der Waals surface area (Å²) in [6, 6.07) is 6.20. The lowest BCUT2D eigenvalue weighted by molar-refractivity contribution is -0.384. The van der Waals surface area contributed by atoms with Crippen LogP contribution in [0, 0.1) is 10.1 Å². The zero-order valence-electron chi connectivity index (χ0n) is 9.90. The predicted octanol–water partition coefficient (Wildman–Crippen LogP) is 3.52. The van der Waals surface area contributed by atoms with Gasteiger partial charge in [-0.15, -0.1) is 22.7 Å². The molecule has 0 radical (unpaired) electrons. The molecule has 1 amide bonds. The molecule has 1 aromatic carbocycles.